The number of likely N-dealkylation sites (tertiary alicyclic amines) is 1. The maximum Gasteiger partial charge on any atom is 0.218 e. The number of hydrogen-bond donors (Lipinski definition) is 1. The van der Waals surface area contributed by atoms with Crippen LogP contribution in [0.3, 0.4) is 0 Å². The van der Waals surface area contributed by atoms with Crippen molar-refractivity contribution < 1.29 is 13.9 Å². The van der Waals surface area contributed by atoms with Crippen LogP contribution in [0, 0.1) is 5.82 Å². The molecule has 3 heterocycles. The number of aromatic nitrogens is 1. The minimum atomic E-state index is -0.360. The summed E-state index contributed by atoms with van der Waals surface area (Å²) in [6.07, 6.45) is 9.01. The van der Waals surface area contributed by atoms with Gasteiger partial charge in [0.05, 0.1) is 26.0 Å². The Morgan fingerprint density at radius 2 is 2.36 bits per heavy atom. The first-order valence-corrected chi connectivity index (χ1v) is 9.56. The standard InChI is InChI=1S/C20H28FN5O2/c1-4-28-14-15-11-24-25(13-15)9-7-19(22-2)26-8-5-6-18(26)17-10-16(21)12-23-20(17)27-3/h7,9-10,12-13,18,24H,4-6,8,11,14H2,1-3H3/b9-7-,22-19+. The van der Waals surface area contributed by atoms with Gasteiger partial charge in [0.15, 0.2) is 0 Å². The van der Waals surface area contributed by atoms with E-state index in [0.29, 0.717) is 19.1 Å². The van der Waals surface area contributed by atoms with E-state index in [4.69, 9.17) is 9.47 Å². The number of rotatable bonds is 7. The van der Waals surface area contributed by atoms with E-state index in [1.807, 2.05) is 30.4 Å². The molecule has 28 heavy (non-hydrogen) atoms. The number of pyridine rings is 1. The lowest BCUT2D eigenvalue weighted by molar-refractivity contribution is 0.170. The van der Waals surface area contributed by atoms with Crippen LogP contribution in [0.15, 0.2) is 41.3 Å². The van der Waals surface area contributed by atoms with E-state index in [-0.39, 0.29) is 11.9 Å². The van der Waals surface area contributed by atoms with Gasteiger partial charge in [-0.05, 0) is 37.5 Å². The zero-order chi connectivity index (χ0) is 19.9. The highest BCUT2D eigenvalue weighted by Crippen LogP contribution is 2.36. The molecule has 0 bridgehead atoms. The van der Waals surface area contributed by atoms with Crippen LogP contribution < -0.4 is 10.2 Å². The maximum absolute atomic E-state index is 13.8. The molecule has 0 aromatic carbocycles. The van der Waals surface area contributed by atoms with Crippen molar-refractivity contribution in [3.05, 3.63) is 47.7 Å². The van der Waals surface area contributed by atoms with Crippen LogP contribution in [0.1, 0.15) is 31.4 Å². The van der Waals surface area contributed by atoms with Gasteiger partial charge in [0.1, 0.15) is 11.7 Å². The first-order valence-electron chi connectivity index (χ1n) is 9.56. The van der Waals surface area contributed by atoms with Gasteiger partial charge in [0.2, 0.25) is 5.88 Å². The molecule has 1 saturated heterocycles. The Balaban J connectivity index is 1.74. The average molecular weight is 389 g/mol. The number of nitrogens with zero attached hydrogens (tertiary/aromatic N) is 4. The minimum Gasteiger partial charge on any atom is -0.481 e. The zero-order valence-corrected chi connectivity index (χ0v) is 16.7. The molecule has 1 fully saturated rings. The van der Waals surface area contributed by atoms with Crippen molar-refractivity contribution in [1.82, 2.24) is 20.3 Å². The highest BCUT2D eigenvalue weighted by Gasteiger charge is 2.30. The molecule has 2 aliphatic heterocycles. The second kappa shape index (κ2) is 9.66. The Morgan fingerprint density at radius 1 is 1.50 bits per heavy atom. The molecule has 3 rings (SSSR count). The molecule has 152 valence electrons. The third kappa shape index (κ3) is 4.69. The minimum absolute atomic E-state index is 0.0166. The molecule has 1 aromatic heterocycles. The predicted octanol–water partition coefficient (Wildman–Crippen LogP) is 2.65. The Hall–Kier alpha value is -2.45. The van der Waals surface area contributed by atoms with Crippen LogP contribution in [-0.2, 0) is 4.74 Å². The molecule has 0 saturated carbocycles. The molecule has 1 atom stereocenters. The molecule has 1 aromatic rings. The molecule has 0 radical (unpaired) electrons. The fourth-order valence-corrected chi connectivity index (χ4v) is 3.56. The Labute approximate surface area is 165 Å². The first-order chi connectivity index (χ1) is 13.7. The summed E-state index contributed by atoms with van der Waals surface area (Å²) in [6, 6.07) is 1.49. The summed E-state index contributed by atoms with van der Waals surface area (Å²) in [5.41, 5.74) is 5.22. The van der Waals surface area contributed by atoms with E-state index in [1.54, 1.807) is 14.2 Å². The largest absolute Gasteiger partial charge is 0.481 e. The van der Waals surface area contributed by atoms with Gasteiger partial charge in [-0.2, -0.15) is 0 Å². The van der Waals surface area contributed by atoms with E-state index < -0.39 is 0 Å². The molecule has 1 unspecified atom stereocenters. The second-order valence-electron chi connectivity index (χ2n) is 6.67. The number of nitrogens with one attached hydrogen (secondary N) is 1. The number of hydrogen-bond acceptors (Lipinski definition) is 6. The molecule has 1 N–H and O–H groups in total. The smallest absolute Gasteiger partial charge is 0.218 e. The molecular formula is C20H28FN5O2. The zero-order valence-electron chi connectivity index (χ0n) is 16.7. The molecule has 0 aliphatic carbocycles. The Kier molecular flexibility index (Phi) is 7.00. The number of methoxy groups -OCH3 is 1. The number of amidine groups is 1. The van der Waals surface area contributed by atoms with Crippen molar-refractivity contribution in [3.63, 3.8) is 0 Å². The summed E-state index contributed by atoms with van der Waals surface area (Å²) in [7, 11) is 3.33. The average Bonchev–Trinajstić information content (AvgIpc) is 3.36. The summed E-state index contributed by atoms with van der Waals surface area (Å²) in [4.78, 5) is 10.7. The van der Waals surface area contributed by atoms with Crippen molar-refractivity contribution >= 4 is 5.84 Å². The summed E-state index contributed by atoms with van der Waals surface area (Å²) in [5, 5.41) is 1.91. The molecule has 2 aliphatic rings. The fourth-order valence-electron chi connectivity index (χ4n) is 3.56. The lowest BCUT2D eigenvalue weighted by Gasteiger charge is -2.27. The maximum atomic E-state index is 13.8. The van der Waals surface area contributed by atoms with Crippen molar-refractivity contribution in [2.45, 2.75) is 25.8 Å². The summed E-state index contributed by atoms with van der Waals surface area (Å²) in [5.74, 6) is 0.936. The van der Waals surface area contributed by atoms with Gasteiger partial charge >= 0.3 is 0 Å². The van der Waals surface area contributed by atoms with Gasteiger partial charge in [0, 0.05) is 44.7 Å². The highest BCUT2D eigenvalue weighted by molar-refractivity contribution is 5.93. The Morgan fingerprint density at radius 3 is 3.11 bits per heavy atom. The third-order valence-corrected chi connectivity index (χ3v) is 4.86. The van der Waals surface area contributed by atoms with E-state index in [1.165, 1.54) is 17.8 Å². The second-order valence-corrected chi connectivity index (χ2v) is 6.67. The lowest BCUT2D eigenvalue weighted by Crippen LogP contribution is -2.31. The van der Waals surface area contributed by atoms with Gasteiger partial charge < -0.3 is 14.4 Å². The van der Waals surface area contributed by atoms with Crippen LogP contribution in [0.4, 0.5) is 4.39 Å². The van der Waals surface area contributed by atoms with Crippen LogP contribution in [0.25, 0.3) is 0 Å². The van der Waals surface area contributed by atoms with E-state index >= 15 is 0 Å². The van der Waals surface area contributed by atoms with Crippen molar-refractivity contribution in [3.8, 4) is 5.88 Å². The van der Waals surface area contributed by atoms with E-state index in [0.717, 1.165) is 37.3 Å². The van der Waals surface area contributed by atoms with Crippen LogP contribution >= 0.6 is 0 Å². The quantitative estimate of drug-likeness (QED) is 0.571. The topological polar surface area (TPSA) is 62.2 Å². The molecule has 0 amide bonds. The SMILES string of the molecule is CCOCC1=CN(/C=C\C(=N/C)N2CCCC2c2cc(F)cnc2OC)NC1. The molecule has 7 nitrogen and oxygen atoms in total. The van der Waals surface area contributed by atoms with Gasteiger partial charge in [-0.25, -0.2) is 14.8 Å². The van der Waals surface area contributed by atoms with Crippen molar-refractivity contribution in [2.24, 2.45) is 4.99 Å². The summed E-state index contributed by atoms with van der Waals surface area (Å²) >= 11 is 0. The van der Waals surface area contributed by atoms with Gasteiger partial charge in [-0.1, -0.05) is 0 Å². The monoisotopic (exact) mass is 389 g/mol. The van der Waals surface area contributed by atoms with E-state index in [9.17, 15) is 4.39 Å². The van der Waals surface area contributed by atoms with Gasteiger partial charge in [-0.15, -0.1) is 0 Å². The molecule has 8 heteroatoms. The van der Waals surface area contributed by atoms with E-state index in [2.05, 4.69) is 20.3 Å². The highest BCUT2D eigenvalue weighted by atomic mass is 19.1. The number of ether oxygens (including phenoxy) is 2. The summed E-state index contributed by atoms with van der Waals surface area (Å²) < 4.78 is 24.6. The van der Waals surface area contributed by atoms with Crippen molar-refractivity contribution in [2.75, 3.05) is 40.5 Å². The molecular weight excluding hydrogens is 361 g/mol. The summed E-state index contributed by atoms with van der Waals surface area (Å²) in [6.45, 7) is 4.93. The molecule has 0 spiro atoms. The third-order valence-electron chi connectivity index (χ3n) is 4.86. The van der Waals surface area contributed by atoms with Gasteiger partial charge in [-0.3, -0.25) is 10.0 Å². The number of aliphatic imine (C=N–C) groups is 1. The first kappa shape index (κ1) is 20.3. The van der Waals surface area contributed by atoms with Crippen LogP contribution in [-0.4, -0.2) is 61.2 Å². The normalized spacial score (nSPS) is 20.4. The van der Waals surface area contributed by atoms with Gasteiger partial charge in [0.25, 0.3) is 0 Å². The predicted molar refractivity (Wildman–Crippen MR) is 106 cm³/mol. The number of hydrazine groups is 1. The fraction of sp³-hybridized carbons (Fsp3) is 0.500. The van der Waals surface area contributed by atoms with Crippen molar-refractivity contribution in [1.29, 1.82) is 0 Å². The lowest BCUT2D eigenvalue weighted by atomic mass is 10.1. The van der Waals surface area contributed by atoms with Crippen LogP contribution in [0.2, 0.25) is 0 Å². The number of halogens is 1. The Bertz CT molecular complexity index is 765. The van der Waals surface area contributed by atoms with Crippen LogP contribution in [0.5, 0.6) is 5.88 Å².